The molecular weight excluding hydrogens is 312 g/mol. The molecule has 0 heterocycles. The Balaban J connectivity index is 2.69. The highest BCUT2D eigenvalue weighted by atomic mass is 79.9. The minimum atomic E-state index is -0.702. The van der Waals surface area contributed by atoms with E-state index in [0.717, 1.165) is 15.6 Å². The van der Waals surface area contributed by atoms with Crippen LogP contribution < -0.4 is 10.6 Å². The van der Waals surface area contributed by atoms with E-state index in [2.05, 4.69) is 26.6 Å². The second-order valence-corrected chi connectivity index (χ2v) is 5.12. The Morgan fingerprint density at radius 1 is 1.21 bits per heavy atom. The van der Waals surface area contributed by atoms with E-state index in [1.807, 2.05) is 26.0 Å². The monoisotopic (exact) mass is 328 g/mol. The van der Waals surface area contributed by atoms with E-state index in [4.69, 9.17) is 5.11 Å². The molecule has 0 bridgehead atoms. The number of halogens is 1. The average Bonchev–Trinajstić information content (AvgIpc) is 2.33. The van der Waals surface area contributed by atoms with Crippen LogP contribution in [0.2, 0.25) is 0 Å². The van der Waals surface area contributed by atoms with Crippen molar-refractivity contribution >= 4 is 33.4 Å². The molecule has 1 aromatic carbocycles. The van der Waals surface area contributed by atoms with Crippen LogP contribution in [-0.2, 0) is 9.59 Å². The van der Waals surface area contributed by atoms with Gasteiger partial charge in [-0.15, -0.1) is 0 Å². The third-order valence-electron chi connectivity index (χ3n) is 2.56. The second kappa shape index (κ2) is 7.25. The molecule has 6 heteroatoms. The predicted octanol–water partition coefficient (Wildman–Crippen LogP) is 1.50. The molecule has 0 atom stereocenters. The Kier molecular flexibility index (Phi) is 5.98. The lowest BCUT2D eigenvalue weighted by molar-refractivity contribution is -0.136. The predicted molar refractivity (Wildman–Crippen MR) is 77.0 cm³/mol. The smallest absolute Gasteiger partial charge is 0.313 e. The minimum Gasteiger partial charge on any atom is -0.396 e. The standard InChI is InChI=1S/C13H17BrN2O3/c1-8-6-10(14)7-9(2)11(8)16-13(19)12(18)15-4-3-5-17/h6-7,17H,3-5H2,1-2H3,(H,15,18)(H,16,19). The number of amides is 2. The summed E-state index contributed by atoms with van der Waals surface area (Å²) in [4.78, 5) is 23.2. The molecule has 0 fully saturated rings. The zero-order valence-electron chi connectivity index (χ0n) is 10.9. The second-order valence-electron chi connectivity index (χ2n) is 4.20. The average molecular weight is 329 g/mol. The van der Waals surface area contributed by atoms with Crippen molar-refractivity contribution in [2.24, 2.45) is 0 Å². The largest absolute Gasteiger partial charge is 0.396 e. The quantitative estimate of drug-likeness (QED) is 0.579. The summed E-state index contributed by atoms with van der Waals surface area (Å²) in [7, 11) is 0. The summed E-state index contributed by atoms with van der Waals surface area (Å²) in [5, 5.41) is 13.6. The van der Waals surface area contributed by atoms with E-state index in [1.165, 1.54) is 0 Å². The molecule has 5 nitrogen and oxygen atoms in total. The van der Waals surface area contributed by atoms with Gasteiger partial charge in [-0.2, -0.15) is 0 Å². The molecule has 104 valence electrons. The lowest BCUT2D eigenvalue weighted by Gasteiger charge is -2.12. The maximum atomic E-state index is 11.7. The number of anilines is 1. The Hall–Kier alpha value is -1.40. The van der Waals surface area contributed by atoms with E-state index in [0.29, 0.717) is 12.1 Å². The van der Waals surface area contributed by atoms with Crippen LogP contribution in [-0.4, -0.2) is 30.1 Å². The Morgan fingerprint density at radius 3 is 2.32 bits per heavy atom. The van der Waals surface area contributed by atoms with Gasteiger partial charge in [0.15, 0.2) is 0 Å². The van der Waals surface area contributed by atoms with E-state index in [1.54, 1.807) is 0 Å². The van der Waals surface area contributed by atoms with Crippen molar-refractivity contribution in [2.75, 3.05) is 18.5 Å². The van der Waals surface area contributed by atoms with E-state index >= 15 is 0 Å². The molecule has 0 aromatic heterocycles. The van der Waals surface area contributed by atoms with Gasteiger partial charge in [-0.25, -0.2) is 0 Å². The Bertz CT molecular complexity index is 466. The number of benzene rings is 1. The van der Waals surface area contributed by atoms with Crippen molar-refractivity contribution in [3.8, 4) is 0 Å². The number of aliphatic hydroxyl groups is 1. The van der Waals surface area contributed by atoms with Crippen LogP contribution in [0.1, 0.15) is 17.5 Å². The summed E-state index contributed by atoms with van der Waals surface area (Å²) in [6, 6.07) is 3.73. The first-order chi connectivity index (χ1) is 8.95. The summed E-state index contributed by atoms with van der Waals surface area (Å²) in [5.41, 5.74) is 2.40. The van der Waals surface area contributed by atoms with Gasteiger partial charge in [0, 0.05) is 23.3 Å². The van der Waals surface area contributed by atoms with E-state index < -0.39 is 11.8 Å². The van der Waals surface area contributed by atoms with Crippen molar-refractivity contribution in [1.82, 2.24) is 5.32 Å². The fourth-order valence-corrected chi connectivity index (χ4v) is 2.33. The number of carbonyl (C=O) groups is 2. The van der Waals surface area contributed by atoms with Crippen LogP contribution in [0.5, 0.6) is 0 Å². The van der Waals surface area contributed by atoms with Gasteiger partial charge in [0.2, 0.25) is 0 Å². The van der Waals surface area contributed by atoms with Crippen LogP contribution in [0.3, 0.4) is 0 Å². The SMILES string of the molecule is Cc1cc(Br)cc(C)c1NC(=O)C(=O)NCCCO. The zero-order valence-corrected chi connectivity index (χ0v) is 12.5. The van der Waals surface area contributed by atoms with Gasteiger partial charge in [-0.05, 0) is 43.5 Å². The van der Waals surface area contributed by atoms with Crippen LogP contribution in [0, 0.1) is 13.8 Å². The van der Waals surface area contributed by atoms with Crippen LogP contribution in [0.4, 0.5) is 5.69 Å². The lowest BCUT2D eigenvalue weighted by Crippen LogP contribution is -2.36. The molecule has 0 aliphatic heterocycles. The van der Waals surface area contributed by atoms with Gasteiger partial charge in [0.1, 0.15) is 0 Å². The summed E-state index contributed by atoms with van der Waals surface area (Å²) in [6.45, 7) is 3.97. The van der Waals surface area contributed by atoms with Crippen LogP contribution in [0.15, 0.2) is 16.6 Å². The van der Waals surface area contributed by atoms with Crippen LogP contribution in [0.25, 0.3) is 0 Å². The first-order valence-electron chi connectivity index (χ1n) is 5.92. The van der Waals surface area contributed by atoms with Crippen molar-refractivity contribution in [1.29, 1.82) is 0 Å². The summed E-state index contributed by atoms with van der Waals surface area (Å²) >= 11 is 3.37. The topological polar surface area (TPSA) is 78.4 Å². The highest BCUT2D eigenvalue weighted by Gasteiger charge is 2.15. The number of hydrogen-bond donors (Lipinski definition) is 3. The number of nitrogens with one attached hydrogen (secondary N) is 2. The number of aliphatic hydroxyl groups excluding tert-OH is 1. The Morgan fingerprint density at radius 2 is 1.79 bits per heavy atom. The van der Waals surface area contributed by atoms with Crippen molar-refractivity contribution < 1.29 is 14.7 Å². The number of hydrogen-bond acceptors (Lipinski definition) is 3. The molecule has 0 unspecified atom stereocenters. The molecule has 0 aliphatic rings. The Labute approximate surface area is 120 Å². The molecule has 0 radical (unpaired) electrons. The fraction of sp³-hybridized carbons (Fsp3) is 0.385. The van der Waals surface area contributed by atoms with Gasteiger partial charge < -0.3 is 15.7 Å². The molecule has 1 aromatic rings. The molecule has 0 aliphatic carbocycles. The van der Waals surface area contributed by atoms with Crippen molar-refractivity contribution in [3.05, 3.63) is 27.7 Å². The summed E-state index contributed by atoms with van der Waals surface area (Å²) < 4.78 is 0.924. The number of carbonyl (C=O) groups excluding carboxylic acids is 2. The maximum Gasteiger partial charge on any atom is 0.313 e. The normalized spacial score (nSPS) is 10.1. The molecule has 2 amide bonds. The van der Waals surface area contributed by atoms with Gasteiger partial charge in [0.05, 0.1) is 0 Å². The highest BCUT2D eigenvalue weighted by Crippen LogP contribution is 2.24. The third kappa shape index (κ3) is 4.65. The van der Waals surface area contributed by atoms with Gasteiger partial charge in [0.25, 0.3) is 0 Å². The molecule has 0 spiro atoms. The van der Waals surface area contributed by atoms with Gasteiger partial charge in [-0.1, -0.05) is 15.9 Å². The molecular formula is C13H17BrN2O3. The highest BCUT2D eigenvalue weighted by molar-refractivity contribution is 9.10. The third-order valence-corrected chi connectivity index (χ3v) is 3.02. The molecule has 3 N–H and O–H groups in total. The lowest BCUT2D eigenvalue weighted by atomic mass is 10.1. The molecule has 0 saturated heterocycles. The molecule has 19 heavy (non-hydrogen) atoms. The van der Waals surface area contributed by atoms with Crippen molar-refractivity contribution in [2.45, 2.75) is 20.3 Å². The first-order valence-corrected chi connectivity index (χ1v) is 6.71. The van der Waals surface area contributed by atoms with Gasteiger partial charge >= 0.3 is 11.8 Å². The number of aryl methyl sites for hydroxylation is 2. The van der Waals surface area contributed by atoms with Crippen molar-refractivity contribution in [3.63, 3.8) is 0 Å². The maximum absolute atomic E-state index is 11.7. The first kappa shape index (κ1) is 15.7. The van der Waals surface area contributed by atoms with E-state index in [9.17, 15) is 9.59 Å². The summed E-state index contributed by atoms with van der Waals surface area (Å²) in [5.74, 6) is -1.40. The van der Waals surface area contributed by atoms with Crippen LogP contribution >= 0.6 is 15.9 Å². The zero-order chi connectivity index (χ0) is 14.4. The van der Waals surface area contributed by atoms with Gasteiger partial charge in [-0.3, -0.25) is 9.59 Å². The number of rotatable bonds is 4. The summed E-state index contributed by atoms with van der Waals surface area (Å²) in [6.07, 6.45) is 0.426. The minimum absolute atomic E-state index is 0.0210. The molecule has 1 rings (SSSR count). The fourth-order valence-electron chi connectivity index (χ4n) is 1.64. The molecule has 0 saturated carbocycles. The van der Waals surface area contributed by atoms with E-state index in [-0.39, 0.29) is 13.2 Å².